The zero-order chi connectivity index (χ0) is 23.0. The Hall–Kier alpha value is -2.49. The van der Waals surface area contributed by atoms with Crippen LogP contribution in [-0.2, 0) is 11.2 Å². The maximum absolute atomic E-state index is 14.7. The van der Waals surface area contributed by atoms with Crippen LogP contribution in [0.15, 0.2) is 42.6 Å². The van der Waals surface area contributed by atoms with Gasteiger partial charge in [-0.3, -0.25) is 0 Å². The summed E-state index contributed by atoms with van der Waals surface area (Å²) >= 11 is 0. The molecule has 7 nitrogen and oxygen atoms in total. The molecule has 0 amide bonds. The molecule has 8 heteroatoms. The van der Waals surface area contributed by atoms with E-state index >= 15 is 0 Å². The summed E-state index contributed by atoms with van der Waals surface area (Å²) in [5.74, 6) is 0.0886. The van der Waals surface area contributed by atoms with Gasteiger partial charge in [-0.1, -0.05) is 24.3 Å². The van der Waals surface area contributed by atoms with Crippen molar-refractivity contribution in [1.29, 1.82) is 0 Å². The van der Waals surface area contributed by atoms with Crippen molar-refractivity contribution in [1.82, 2.24) is 4.57 Å². The number of halogens is 1. The summed E-state index contributed by atoms with van der Waals surface area (Å²) in [7, 11) is 0. The number of para-hydroxylation sites is 1. The van der Waals surface area contributed by atoms with Gasteiger partial charge < -0.3 is 34.5 Å². The third kappa shape index (κ3) is 4.00. The Morgan fingerprint density at radius 2 is 1.84 bits per heavy atom. The van der Waals surface area contributed by atoms with Gasteiger partial charge in [0.25, 0.3) is 0 Å². The van der Waals surface area contributed by atoms with Crippen LogP contribution in [0.2, 0.25) is 0 Å². The van der Waals surface area contributed by atoms with Crippen molar-refractivity contribution in [2.24, 2.45) is 0 Å². The average Bonchev–Trinajstić information content (AvgIpc) is 3.14. The van der Waals surface area contributed by atoms with Gasteiger partial charge >= 0.3 is 0 Å². The third-order valence-electron chi connectivity index (χ3n) is 5.99. The van der Waals surface area contributed by atoms with Crippen LogP contribution in [-0.4, -0.2) is 62.6 Å². The van der Waals surface area contributed by atoms with Crippen LogP contribution in [0.5, 0.6) is 5.75 Å². The number of benzene rings is 2. The molecule has 1 fully saturated rings. The largest absolute Gasteiger partial charge is 0.494 e. The third-order valence-corrected chi connectivity index (χ3v) is 5.99. The number of aliphatic hydroxyl groups is 4. The maximum atomic E-state index is 14.7. The second-order valence-corrected chi connectivity index (χ2v) is 8.12. The van der Waals surface area contributed by atoms with Gasteiger partial charge in [0.15, 0.2) is 6.23 Å². The number of fused-ring (bicyclic) bond motifs is 1. The minimum atomic E-state index is -1.49. The van der Waals surface area contributed by atoms with Crippen LogP contribution in [0.25, 0.3) is 10.9 Å². The lowest BCUT2D eigenvalue weighted by Crippen LogP contribution is -2.56. The first-order chi connectivity index (χ1) is 15.3. The minimum absolute atomic E-state index is 0.294. The van der Waals surface area contributed by atoms with E-state index in [0.717, 1.165) is 22.0 Å². The predicted octanol–water partition coefficient (Wildman–Crippen LogP) is 2.05. The second-order valence-electron chi connectivity index (χ2n) is 8.12. The highest BCUT2D eigenvalue weighted by atomic mass is 19.1. The van der Waals surface area contributed by atoms with E-state index in [4.69, 9.17) is 9.47 Å². The number of hydrogen-bond donors (Lipinski definition) is 4. The van der Waals surface area contributed by atoms with Crippen LogP contribution >= 0.6 is 0 Å². The number of aryl methyl sites for hydroxylation is 1. The van der Waals surface area contributed by atoms with Crippen LogP contribution in [0, 0.1) is 12.7 Å². The van der Waals surface area contributed by atoms with Crippen molar-refractivity contribution in [2.45, 2.75) is 50.9 Å². The lowest BCUT2D eigenvalue weighted by molar-refractivity contribution is -0.250. The highest BCUT2D eigenvalue weighted by molar-refractivity contribution is 5.87. The van der Waals surface area contributed by atoms with Crippen LogP contribution in [0.1, 0.15) is 29.8 Å². The molecule has 0 aliphatic carbocycles. The first-order valence-electron chi connectivity index (χ1n) is 10.7. The molecule has 1 aliphatic heterocycles. The first-order valence-corrected chi connectivity index (χ1v) is 10.7. The molecule has 0 spiro atoms. The van der Waals surface area contributed by atoms with E-state index in [1.165, 1.54) is 6.07 Å². The number of hydrogen-bond acceptors (Lipinski definition) is 6. The van der Waals surface area contributed by atoms with E-state index in [1.54, 1.807) is 22.9 Å². The maximum Gasteiger partial charge on any atom is 0.163 e. The molecule has 2 aromatic carbocycles. The molecule has 1 aliphatic rings. The first kappa shape index (κ1) is 22.7. The molecule has 4 rings (SSSR count). The van der Waals surface area contributed by atoms with Gasteiger partial charge in [-0.2, -0.15) is 0 Å². The fraction of sp³-hybridized carbons (Fsp3) is 0.417. The number of aliphatic hydroxyl groups excluding tert-OH is 4. The van der Waals surface area contributed by atoms with E-state index in [0.29, 0.717) is 24.3 Å². The molecule has 1 aromatic heterocycles. The average molecular weight is 445 g/mol. The van der Waals surface area contributed by atoms with E-state index in [-0.39, 0.29) is 5.82 Å². The minimum Gasteiger partial charge on any atom is -0.494 e. The molecule has 0 radical (unpaired) electrons. The molecular weight excluding hydrogens is 417 g/mol. The van der Waals surface area contributed by atoms with Crippen LogP contribution in [0.3, 0.4) is 0 Å². The molecule has 1 saturated heterocycles. The van der Waals surface area contributed by atoms with Crippen LogP contribution < -0.4 is 4.74 Å². The Morgan fingerprint density at radius 1 is 1.06 bits per heavy atom. The smallest absolute Gasteiger partial charge is 0.163 e. The molecule has 32 heavy (non-hydrogen) atoms. The molecule has 0 saturated carbocycles. The van der Waals surface area contributed by atoms with Gasteiger partial charge in [0.05, 0.1) is 18.7 Å². The molecule has 5 atom stereocenters. The lowest BCUT2D eigenvalue weighted by Gasteiger charge is -2.40. The summed E-state index contributed by atoms with van der Waals surface area (Å²) in [6.45, 7) is 3.68. The van der Waals surface area contributed by atoms with E-state index < -0.39 is 37.3 Å². The summed E-state index contributed by atoms with van der Waals surface area (Å²) in [5.41, 5.74) is 2.96. The predicted molar refractivity (Wildman–Crippen MR) is 116 cm³/mol. The Bertz CT molecular complexity index is 1100. The second kappa shape index (κ2) is 9.17. The standard InChI is InChI=1S/C24H28FNO6/c1-3-31-16-8-7-14(18(25)10-16)9-15-11-26(20-13(2)5-4-6-17(15)20)24-23(30)22(29)21(28)19(12-27)32-24/h4-8,10-11,19,21-24,27-30H,3,9,12H2,1-2H3/t19-,21-,22+,23-,24-/m1/s1. The molecule has 3 aromatic rings. The number of nitrogens with zero attached hydrogens (tertiary/aromatic N) is 1. The molecule has 2 heterocycles. The summed E-state index contributed by atoms with van der Waals surface area (Å²) < 4.78 is 27.5. The molecule has 4 N–H and O–H groups in total. The highest BCUT2D eigenvalue weighted by Gasteiger charge is 2.44. The summed E-state index contributed by atoms with van der Waals surface area (Å²) in [5, 5.41) is 41.4. The fourth-order valence-corrected chi connectivity index (χ4v) is 4.35. The van der Waals surface area contributed by atoms with Crippen molar-refractivity contribution in [3.63, 3.8) is 0 Å². The van der Waals surface area contributed by atoms with Crippen molar-refractivity contribution in [3.05, 3.63) is 65.1 Å². The van der Waals surface area contributed by atoms with Gasteiger partial charge in [0, 0.05) is 24.1 Å². The van der Waals surface area contributed by atoms with Gasteiger partial charge in [0.1, 0.15) is 36.0 Å². The van der Waals surface area contributed by atoms with Crippen molar-refractivity contribution in [3.8, 4) is 5.75 Å². The Kier molecular flexibility index (Phi) is 6.50. The monoisotopic (exact) mass is 445 g/mol. The van der Waals surface area contributed by atoms with E-state index in [2.05, 4.69) is 0 Å². The van der Waals surface area contributed by atoms with Crippen LogP contribution in [0.4, 0.5) is 4.39 Å². The number of aromatic nitrogens is 1. The molecule has 172 valence electrons. The highest BCUT2D eigenvalue weighted by Crippen LogP contribution is 2.35. The topological polar surface area (TPSA) is 104 Å². The van der Waals surface area contributed by atoms with Gasteiger partial charge in [-0.25, -0.2) is 4.39 Å². The summed E-state index contributed by atoms with van der Waals surface area (Å²) in [6.07, 6.45) is -4.34. The zero-order valence-corrected chi connectivity index (χ0v) is 18.0. The summed E-state index contributed by atoms with van der Waals surface area (Å²) in [6, 6.07) is 10.5. The Labute approximate surface area is 185 Å². The van der Waals surface area contributed by atoms with E-state index in [9.17, 15) is 24.8 Å². The Balaban J connectivity index is 1.76. The SMILES string of the molecule is CCOc1ccc(Cc2cn([C@@H]3O[C@H](CO)[C@@H](O)[C@H](O)[C@H]3O)c3c(C)cccc23)c(F)c1. The van der Waals surface area contributed by atoms with E-state index in [1.807, 2.05) is 32.0 Å². The molecule has 0 bridgehead atoms. The van der Waals surface area contributed by atoms with Crippen molar-refractivity contribution < 1.29 is 34.3 Å². The summed E-state index contributed by atoms with van der Waals surface area (Å²) in [4.78, 5) is 0. The van der Waals surface area contributed by atoms with Gasteiger partial charge in [-0.05, 0) is 36.6 Å². The zero-order valence-electron chi connectivity index (χ0n) is 18.0. The fourth-order valence-electron chi connectivity index (χ4n) is 4.35. The normalized spacial score (nSPS) is 25.9. The molecular formula is C24H28FNO6. The Morgan fingerprint density at radius 3 is 2.53 bits per heavy atom. The van der Waals surface area contributed by atoms with Crippen molar-refractivity contribution >= 4 is 10.9 Å². The number of ether oxygens (including phenoxy) is 2. The molecule has 0 unspecified atom stereocenters. The lowest BCUT2D eigenvalue weighted by atomic mass is 9.98. The number of rotatable bonds is 6. The van der Waals surface area contributed by atoms with Gasteiger partial charge in [0.2, 0.25) is 0 Å². The quantitative estimate of drug-likeness (QED) is 0.463. The van der Waals surface area contributed by atoms with Crippen molar-refractivity contribution in [2.75, 3.05) is 13.2 Å². The van der Waals surface area contributed by atoms with Gasteiger partial charge in [-0.15, -0.1) is 0 Å².